The maximum absolute atomic E-state index is 12.1. The Morgan fingerprint density at radius 1 is 1.42 bits per heavy atom. The van der Waals surface area contributed by atoms with Crippen molar-refractivity contribution in [2.75, 3.05) is 6.54 Å². The lowest BCUT2D eigenvalue weighted by Crippen LogP contribution is -2.32. The number of aromatic nitrogens is 1. The molecule has 0 saturated carbocycles. The van der Waals surface area contributed by atoms with Crippen LogP contribution in [0.25, 0.3) is 0 Å². The van der Waals surface area contributed by atoms with Gasteiger partial charge in [0.25, 0.3) is 0 Å². The highest BCUT2D eigenvalue weighted by atomic mass is 32.2. The van der Waals surface area contributed by atoms with Crippen LogP contribution in [0.4, 0.5) is 0 Å². The molecule has 1 aromatic rings. The van der Waals surface area contributed by atoms with Crippen LogP contribution in [0, 0.1) is 13.8 Å². The highest BCUT2D eigenvalue weighted by Crippen LogP contribution is 2.22. The van der Waals surface area contributed by atoms with Crippen LogP contribution in [0.5, 0.6) is 0 Å². The second-order valence-corrected chi connectivity index (χ2v) is 6.00. The van der Waals surface area contributed by atoms with Crippen LogP contribution in [0.1, 0.15) is 35.1 Å². The number of nitrogens with one attached hydrogen (secondary N) is 2. The van der Waals surface area contributed by atoms with Crippen LogP contribution in [-0.2, 0) is 10.0 Å². The van der Waals surface area contributed by atoms with E-state index in [0.717, 1.165) is 0 Å². The number of carbonyl (C=O) groups is 1. The highest BCUT2D eigenvalue weighted by molar-refractivity contribution is 7.89. The number of rotatable bonds is 6. The van der Waals surface area contributed by atoms with Gasteiger partial charge >= 0.3 is 5.97 Å². The van der Waals surface area contributed by atoms with Crippen molar-refractivity contribution in [1.29, 1.82) is 0 Å². The molecule has 0 aromatic carbocycles. The average Bonchev–Trinajstić information content (AvgIpc) is 2.62. The zero-order valence-electron chi connectivity index (χ0n) is 11.0. The van der Waals surface area contributed by atoms with Gasteiger partial charge in [-0.1, -0.05) is 6.92 Å². The molecule has 19 heavy (non-hydrogen) atoms. The van der Waals surface area contributed by atoms with Crippen molar-refractivity contribution in [1.82, 2.24) is 9.71 Å². The fourth-order valence-corrected chi connectivity index (χ4v) is 3.29. The molecular formula is C11H18N2O5S. The normalized spacial score (nSPS) is 13.5. The van der Waals surface area contributed by atoms with Crippen molar-refractivity contribution >= 4 is 16.0 Å². The van der Waals surface area contributed by atoms with E-state index in [0.29, 0.717) is 6.42 Å². The molecule has 108 valence electrons. The predicted molar refractivity (Wildman–Crippen MR) is 68.7 cm³/mol. The van der Waals surface area contributed by atoms with Gasteiger partial charge in [-0.2, -0.15) is 0 Å². The summed E-state index contributed by atoms with van der Waals surface area (Å²) in [6.45, 7) is 4.54. The van der Waals surface area contributed by atoms with E-state index >= 15 is 0 Å². The molecule has 0 aliphatic heterocycles. The van der Waals surface area contributed by atoms with E-state index in [4.69, 9.17) is 5.11 Å². The molecule has 8 heteroatoms. The minimum Gasteiger partial charge on any atom is -0.477 e. The van der Waals surface area contributed by atoms with E-state index in [2.05, 4.69) is 9.71 Å². The molecule has 1 aromatic heterocycles. The molecule has 1 atom stereocenters. The number of aromatic amines is 1. The molecule has 4 N–H and O–H groups in total. The lowest BCUT2D eigenvalue weighted by Gasteiger charge is -2.10. The van der Waals surface area contributed by atoms with Crippen LogP contribution in [-0.4, -0.2) is 42.2 Å². The molecule has 0 radical (unpaired) electrons. The summed E-state index contributed by atoms with van der Waals surface area (Å²) in [5.41, 5.74) is 0.269. The number of H-pyrrole nitrogens is 1. The van der Waals surface area contributed by atoms with Crippen LogP contribution in [0.3, 0.4) is 0 Å². The largest absolute Gasteiger partial charge is 0.477 e. The van der Waals surface area contributed by atoms with Gasteiger partial charge in [-0.3, -0.25) is 0 Å². The van der Waals surface area contributed by atoms with Gasteiger partial charge in [-0.05, 0) is 20.3 Å². The Kier molecular flexibility index (Phi) is 4.72. The monoisotopic (exact) mass is 290 g/mol. The van der Waals surface area contributed by atoms with Crippen molar-refractivity contribution in [2.24, 2.45) is 0 Å². The molecule has 7 nitrogen and oxygen atoms in total. The molecule has 0 saturated heterocycles. The average molecular weight is 290 g/mol. The Labute approximate surface area is 111 Å². The standard InChI is InChI=1S/C11H18N2O5S/c1-4-8(14)5-12-19(17,18)10-6(2)9(11(15)16)13-7(10)3/h8,12-14H,4-5H2,1-3H3,(H,15,16). The molecule has 1 heterocycles. The summed E-state index contributed by atoms with van der Waals surface area (Å²) >= 11 is 0. The number of carboxylic acids is 1. The lowest BCUT2D eigenvalue weighted by atomic mass is 10.2. The molecular weight excluding hydrogens is 272 g/mol. The van der Waals surface area contributed by atoms with E-state index in [1.165, 1.54) is 13.8 Å². The Morgan fingerprint density at radius 3 is 2.42 bits per heavy atom. The van der Waals surface area contributed by atoms with Crippen LogP contribution in [0.2, 0.25) is 0 Å². The van der Waals surface area contributed by atoms with Gasteiger partial charge in [0.2, 0.25) is 10.0 Å². The molecule has 0 fully saturated rings. The van der Waals surface area contributed by atoms with Crippen molar-refractivity contribution in [3.8, 4) is 0 Å². The quantitative estimate of drug-likeness (QED) is 0.604. The summed E-state index contributed by atoms with van der Waals surface area (Å²) in [5, 5.41) is 18.3. The van der Waals surface area contributed by atoms with Crippen LogP contribution >= 0.6 is 0 Å². The third-order valence-electron chi connectivity index (χ3n) is 2.83. The summed E-state index contributed by atoms with van der Waals surface area (Å²) in [6, 6.07) is 0. The van der Waals surface area contributed by atoms with E-state index in [1.807, 2.05) is 0 Å². The second-order valence-electron chi connectivity index (χ2n) is 4.30. The van der Waals surface area contributed by atoms with Crippen molar-refractivity contribution in [3.05, 3.63) is 17.0 Å². The molecule has 0 aliphatic carbocycles. The first-order valence-corrected chi connectivity index (χ1v) is 7.29. The Hall–Kier alpha value is -1.38. The Morgan fingerprint density at radius 2 is 2.00 bits per heavy atom. The molecule has 0 bridgehead atoms. The predicted octanol–water partition coefficient (Wildman–Crippen LogP) is 0.379. The van der Waals surface area contributed by atoms with E-state index in [-0.39, 0.29) is 28.4 Å². The molecule has 1 unspecified atom stereocenters. The number of hydrogen-bond acceptors (Lipinski definition) is 4. The third kappa shape index (κ3) is 3.34. The van der Waals surface area contributed by atoms with E-state index in [1.54, 1.807) is 6.92 Å². The Bertz CT molecular complexity index is 576. The second kappa shape index (κ2) is 5.72. The number of aromatic carboxylic acids is 1. The van der Waals surface area contributed by atoms with Gasteiger partial charge in [0.05, 0.1) is 6.10 Å². The minimum absolute atomic E-state index is 0.0757. The van der Waals surface area contributed by atoms with Crippen molar-refractivity contribution in [3.63, 3.8) is 0 Å². The summed E-state index contributed by atoms with van der Waals surface area (Å²) in [5.74, 6) is -1.21. The van der Waals surface area contributed by atoms with E-state index < -0.39 is 22.1 Å². The van der Waals surface area contributed by atoms with E-state index in [9.17, 15) is 18.3 Å². The first-order chi connectivity index (χ1) is 8.70. The maximum atomic E-state index is 12.1. The zero-order chi connectivity index (χ0) is 14.8. The van der Waals surface area contributed by atoms with Gasteiger partial charge in [0.15, 0.2) is 0 Å². The Balaban J connectivity index is 3.12. The fourth-order valence-electron chi connectivity index (χ4n) is 1.77. The molecule has 0 amide bonds. The topological polar surface area (TPSA) is 119 Å². The zero-order valence-corrected chi connectivity index (χ0v) is 11.8. The smallest absolute Gasteiger partial charge is 0.352 e. The highest BCUT2D eigenvalue weighted by Gasteiger charge is 2.26. The van der Waals surface area contributed by atoms with Crippen molar-refractivity contribution < 1.29 is 23.4 Å². The number of aliphatic hydroxyl groups is 1. The third-order valence-corrected chi connectivity index (χ3v) is 4.53. The lowest BCUT2D eigenvalue weighted by molar-refractivity contribution is 0.0690. The fraction of sp³-hybridized carbons (Fsp3) is 0.545. The number of carboxylic acid groups (broad SMARTS) is 1. The van der Waals surface area contributed by atoms with Crippen LogP contribution in [0.15, 0.2) is 4.90 Å². The van der Waals surface area contributed by atoms with Gasteiger partial charge < -0.3 is 15.2 Å². The first-order valence-electron chi connectivity index (χ1n) is 5.80. The van der Waals surface area contributed by atoms with Gasteiger partial charge in [-0.25, -0.2) is 17.9 Å². The molecule has 1 rings (SSSR count). The summed E-state index contributed by atoms with van der Waals surface area (Å²) in [4.78, 5) is 13.4. The molecule has 0 aliphatic rings. The summed E-state index contributed by atoms with van der Waals surface area (Å²) in [7, 11) is -3.84. The minimum atomic E-state index is -3.84. The van der Waals surface area contributed by atoms with Gasteiger partial charge in [0, 0.05) is 17.8 Å². The van der Waals surface area contributed by atoms with Gasteiger partial charge in [0.1, 0.15) is 10.6 Å². The van der Waals surface area contributed by atoms with Crippen molar-refractivity contribution in [2.45, 2.75) is 38.2 Å². The first kappa shape index (κ1) is 15.7. The number of aryl methyl sites for hydroxylation is 1. The maximum Gasteiger partial charge on any atom is 0.352 e. The van der Waals surface area contributed by atoms with Crippen LogP contribution < -0.4 is 4.72 Å². The molecule has 0 spiro atoms. The number of hydrogen-bond donors (Lipinski definition) is 4. The van der Waals surface area contributed by atoms with Gasteiger partial charge in [-0.15, -0.1) is 0 Å². The summed E-state index contributed by atoms with van der Waals surface area (Å²) in [6.07, 6.45) is -0.346. The number of aliphatic hydroxyl groups excluding tert-OH is 1. The SMILES string of the molecule is CCC(O)CNS(=O)(=O)c1c(C)[nH]c(C(=O)O)c1C. The number of sulfonamides is 1. The summed E-state index contributed by atoms with van der Waals surface area (Å²) < 4.78 is 26.5.